The Morgan fingerprint density at radius 2 is 1.93 bits per heavy atom. The molecule has 7 nitrogen and oxygen atoms in total. The number of piperidine rings is 1. The lowest BCUT2D eigenvalue weighted by Crippen LogP contribution is -2.81. The number of rotatable bonds is 8. The molecule has 0 amide bonds. The summed E-state index contributed by atoms with van der Waals surface area (Å²) in [4.78, 5) is 7.06. The maximum Gasteiger partial charge on any atom is 0.165 e. The van der Waals surface area contributed by atoms with Crippen molar-refractivity contribution in [2.75, 3.05) is 33.9 Å². The molecule has 41 heavy (non-hydrogen) atoms. The number of likely N-dealkylation sites (tertiary alicyclic amines) is 1. The maximum absolute atomic E-state index is 7.16. The van der Waals surface area contributed by atoms with Gasteiger partial charge in [0.15, 0.2) is 11.5 Å². The van der Waals surface area contributed by atoms with E-state index in [1.54, 1.807) is 13.3 Å². The molecular formula is C34H39N3O4. The van der Waals surface area contributed by atoms with E-state index in [0.29, 0.717) is 12.6 Å². The number of hydrogen-bond acceptors (Lipinski definition) is 6. The number of aromatic nitrogens is 2. The van der Waals surface area contributed by atoms with E-state index in [1.165, 1.54) is 36.9 Å². The van der Waals surface area contributed by atoms with Crippen LogP contribution >= 0.6 is 0 Å². The summed E-state index contributed by atoms with van der Waals surface area (Å²) in [7, 11) is 3.69. The zero-order chi connectivity index (χ0) is 27.4. The number of nitrogens with zero attached hydrogens (tertiary/aromatic N) is 3. The van der Waals surface area contributed by atoms with E-state index in [1.807, 2.05) is 24.2 Å². The number of fused-ring (bicyclic) bond motifs is 2. The Balaban J connectivity index is 1.10. The van der Waals surface area contributed by atoms with Gasteiger partial charge in [-0.15, -0.1) is 0 Å². The highest BCUT2D eigenvalue weighted by Gasteiger charge is 2.80. The van der Waals surface area contributed by atoms with Gasteiger partial charge in [0.05, 0.1) is 20.0 Å². The summed E-state index contributed by atoms with van der Waals surface area (Å²) in [6.07, 6.45) is 13.9. The summed E-state index contributed by atoms with van der Waals surface area (Å²) in [5.74, 6) is 3.90. The van der Waals surface area contributed by atoms with Crippen LogP contribution in [-0.4, -0.2) is 66.1 Å². The van der Waals surface area contributed by atoms with Crippen LogP contribution in [0.25, 0.3) is 5.69 Å². The Hall–Kier alpha value is -3.03. The fourth-order valence-electron chi connectivity index (χ4n) is 10.2. The lowest BCUT2D eigenvalue weighted by atomic mass is 9.35. The van der Waals surface area contributed by atoms with Gasteiger partial charge < -0.3 is 23.5 Å². The third-order valence-electron chi connectivity index (χ3n) is 12.1. The molecule has 4 bridgehead atoms. The second-order valence-electron chi connectivity index (χ2n) is 13.5. The highest BCUT2D eigenvalue weighted by atomic mass is 16.6. The number of ether oxygens (including phenoxy) is 4. The molecule has 214 valence electrons. The molecule has 6 atom stereocenters. The minimum absolute atomic E-state index is 0.0179. The van der Waals surface area contributed by atoms with Gasteiger partial charge in [0.25, 0.3) is 0 Å². The maximum atomic E-state index is 7.16. The van der Waals surface area contributed by atoms with E-state index in [0.717, 1.165) is 61.1 Å². The van der Waals surface area contributed by atoms with Crippen molar-refractivity contribution < 1.29 is 18.9 Å². The van der Waals surface area contributed by atoms with Crippen LogP contribution in [0.15, 0.2) is 55.1 Å². The van der Waals surface area contributed by atoms with E-state index in [9.17, 15) is 0 Å². The summed E-state index contributed by atoms with van der Waals surface area (Å²) in [5, 5.41) is 0. The van der Waals surface area contributed by atoms with Crippen LogP contribution < -0.4 is 14.2 Å². The van der Waals surface area contributed by atoms with Crippen molar-refractivity contribution in [1.82, 2.24) is 14.5 Å². The van der Waals surface area contributed by atoms with E-state index in [2.05, 4.69) is 46.3 Å². The molecule has 2 spiro atoms. The summed E-state index contributed by atoms with van der Waals surface area (Å²) in [5.41, 5.74) is 3.76. The minimum Gasteiger partial charge on any atom is -0.493 e. The Morgan fingerprint density at radius 1 is 1.05 bits per heavy atom. The van der Waals surface area contributed by atoms with Crippen molar-refractivity contribution >= 4 is 0 Å². The minimum atomic E-state index is -0.389. The van der Waals surface area contributed by atoms with Crippen molar-refractivity contribution in [2.24, 2.45) is 17.3 Å². The molecule has 2 aliphatic heterocycles. The van der Waals surface area contributed by atoms with Crippen LogP contribution in [-0.2, 0) is 16.6 Å². The summed E-state index contributed by atoms with van der Waals surface area (Å²) >= 11 is 0. The van der Waals surface area contributed by atoms with E-state index in [-0.39, 0.29) is 28.5 Å². The molecule has 4 saturated carbocycles. The fraction of sp³-hybridized carbons (Fsp3) is 0.559. The van der Waals surface area contributed by atoms with Crippen LogP contribution in [0.1, 0.15) is 49.7 Å². The Bertz CT molecular complexity index is 1490. The summed E-state index contributed by atoms with van der Waals surface area (Å²) in [6, 6.07) is 13.3. The number of hydrogen-bond donors (Lipinski definition) is 0. The van der Waals surface area contributed by atoms with Crippen molar-refractivity contribution in [1.29, 1.82) is 0 Å². The van der Waals surface area contributed by atoms with Crippen LogP contribution in [0, 0.1) is 17.3 Å². The van der Waals surface area contributed by atoms with Crippen molar-refractivity contribution in [2.45, 2.75) is 68.1 Å². The largest absolute Gasteiger partial charge is 0.493 e. The smallest absolute Gasteiger partial charge is 0.165 e. The molecule has 10 rings (SSSR count). The zero-order valence-electron chi connectivity index (χ0n) is 24.1. The number of imidazole rings is 1. The predicted octanol–water partition coefficient (Wildman–Crippen LogP) is 5.18. The van der Waals surface area contributed by atoms with Gasteiger partial charge in [0, 0.05) is 60.1 Å². The van der Waals surface area contributed by atoms with Crippen LogP contribution in [0.2, 0.25) is 0 Å². The molecule has 0 N–H and O–H groups in total. The second kappa shape index (κ2) is 8.51. The molecule has 7 heteroatoms. The molecule has 1 aromatic heterocycles. The molecule has 5 fully saturated rings. The van der Waals surface area contributed by atoms with Crippen LogP contribution in [0.3, 0.4) is 0 Å². The Labute approximate surface area is 241 Å². The van der Waals surface area contributed by atoms with Crippen molar-refractivity contribution in [3.8, 4) is 22.9 Å². The topological polar surface area (TPSA) is 58.0 Å². The van der Waals surface area contributed by atoms with Crippen molar-refractivity contribution in [3.63, 3.8) is 0 Å². The Kier molecular flexibility index (Phi) is 5.10. The van der Waals surface area contributed by atoms with Gasteiger partial charge in [-0.25, -0.2) is 4.98 Å². The summed E-state index contributed by atoms with van der Waals surface area (Å²) < 4.78 is 28.4. The SMILES string of the molecule is COc1ccc2c3c1O[C@H]1[C@@]4(OC)CC[C@@]5(C[C@@H]4COc4ccc(-n6ccnc6)cc4)C(C2)N(CC2CC2)CC[C@]315. The average Bonchev–Trinajstić information content (AvgIpc) is 3.50. The molecular weight excluding hydrogens is 514 g/mol. The molecule has 1 unspecified atom stereocenters. The molecule has 2 aromatic carbocycles. The van der Waals surface area contributed by atoms with Crippen molar-refractivity contribution in [3.05, 3.63) is 66.2 Å². The molecule has 0 radical (unpaired) electrons. The first-order chi connectivity index (χ1) is 20.1. The zero-order valence-corrected chi connectivity index (χ0v) is 24.1. The van der Waals surface area contributed by atoms with Gasteiger partial charge in [0.2, 0.25) is 0 Å². The first-order valence-corrected chi connectivity index (χ1v) is 15.5. The van der Waals surface area contributed by atoms with E-state index >= 15 is 0 Å². The monoisotopic (exact) mass is 553 g/mol. The second-order valence-corrected chi connectivity index (χ2v) is 13.5. The molecule has 7 aliphatic rings. The molecule has 3 aromatic rings. The van der Waals surface area contributed by atoms with Gasteiger partial charge in [-0.1, -0.05) is 6.07 Å². The molecule has 1 saturated heterocycles. The first kappa shape index (κ1) is 24.6. The third-order valence-corrected chi connectivity index (χ3v) is 12.1. The van der Waals surface area contributed by atoms with Crippen LogP contribution in [0.5, 0.6) is 17.2 Å². The lowest BCUT2D eigenvalue weighted by molar-refractivity contribution is -0.280. The van der Waals surface area contributed by atoms with Gasteiger partial charge >= 0.3 is 0 Å². The third kappa shape index (κ3) is 3.09. The lowest BCUT2D eigenvalue weighted by Gasteiger charge is -2.73. The van der Waals surface area contributed by atoms with Gasteiger partial charge in [-0.05, 0) is 93.3 Å². The molecule has 3 heterocycles. The quantitative estimate of drug-likeness (QED) is 0.383. The average molecular weight is 554 g/mol. The van der Waals surface area contributed by atoms with Crippen LogP contribution in [0.4, 0.5) is 0 Å². The van der Waals surface area contributed by atoms with Gasteiger partial charge in [0.1, 0.15) is 17.5 Å². The highest BCUT2D eigenvalue weighted by Crippen LogP contribution is 2.76. The number of methoxy groups -OCH3 is 2. The number of benzene rings is 2. The van der Waals surface area contributed by atoms with Gasteiger partial charge in [-0.2, -0.15) is 0 Å². The predicted molar refractivity (Wildman–Crippen MR) is 154 cm³/mol. The summed E-state index contributed by atoms with van der Waals surface area (Å²) in [6.45, 7) is 3.04. The Morgan fingerprint density at radius 3 is 2.68 bits per heavy atom. The highest BCUT2D eigenvalue weighted by molar-refractivity contribution is 5.63. The van der Waals surface area contributed by atoms with Gasteiger partial charge in [-0.3, -0.25) is 4.90 Å². The molecule has 5 aliphatic carbocycles. The van der Waals surface area contributed by atoms with E-state index in [4.69, 9.17) is 18.9 Å². The standard InChI is InChI=1S/C34H39N3O4/c1-38-27-10-5-23-17-28-32-11-12-34(39-2,24(18-32)20-40-26-8-6-25(7-9-26)37-16-14-35-21-37)31-33(32,29(23)30(27)41-31)13-15-36(28)19-22-3-4-22/h5-10,14,16,21-22,24,28,31H,3-4,11-13,15,17-20H2,1-2H3/t24-,28?,31-,32-,33+,34-/m1/s1. The normalized spacial score (nSPS) is 36.1. The van der Waals surface area contributed by atoms with E-state index < -0.39 is 0 Å². The first-order valence-electron chi connectivity index (χ1n) is 15.5. The fourth-order valence-corrected chi connectivity index (χ4v) is 10.2.